The van der Waals surface area contributed by atoms with E-state index in [0.717, 1.165) is 24.0 Å². The standard InChI is InChI=1S/C27H40O2S2/c1-8-9-10-11-12-17(18-13-24(30)22(28)15-20(18)26(2,3)4)19-14-25(31)23(29)16-21(19)27(5,6)7/h13-17,28-31H,8-12H2,1-7H3. The smallest absolute Gasteiger partial charge is 0.129 e. The van der Waals surface area contributed by atoms with Crippen molar-refractivity contribution in [3.05, 3.63) is 46.5 Å². The highest BCUT2D eigenvalue weighted by Crippen LogP contribution is 2.45. The molecule has 2 aromatic carbocycles. The van der Waals surface area contributed by atoms with Crippen molar-refractivity contribution in [2.75, 3.05) is 0 Å². The van der Waals surface area contributed by atoms with Gasteiger partial charge in [0.05, 0.1) is 0 Å². The lowest BCUT2D eigenvalue weighted by molar-refractivity contribution is 0.453. The van der Waals surface area contributed by atoms with Gasteiger partial charge in [0.1, 0.15) is 11.5 Å². The quantitative estimate of drug-likeness (QED) is 0.247. The Kier molecular flexibility index (Phi) is 8.49. The molecule has 0 aliphatic rings. The van der Waals surface area contributed by atoms with Gasteiger partial charge in [-0.05, 0) is 63.8 Å². The minimum atomic E-state index is -0.126. The molecule has 0 aromatic heterocycles. The summed E-state index contributed by atoms with van der Waals surface area (Å²) in [5.74, 6) is 0.579. The Bertz CT molecular complexity index is 835. The first-order chi connectivity index (χ1) is 14.3. The predicted molar refractivity (Wildman–Crippen MR) is 139 cm³/mol. The second-order valence-corrected chi connectivity index (χ2v) is 11.7. The van der Waals surface area contributed by atoms with Crippen LogP contribution in [0.3, 0.4) is 0 Å². The van der Waals surface area contributed by atoms with Gasteiger partial charge < -0.3 is 10.2 Å². The van der Waals surface area contributed by atoms with Crippen molar-refractivity contribution in [2.24, 2.45) is 0 Å². The summed E-state index contributed by atoms with van der Waals surface area (Å²) in [5, 5.41) is 20.9. The van der Waals surface area contributed by atoms with E-state index in [1.165, 1.54) is 30.4 Å². The maximum absolute atomic E-state index is 10.4. The van der Waals surface area contributed by atoms with Crippen LogP contribution in [0.5, 0.6) is 11.5 Å². The zero-order chi connectivity index (χ0) is 23.6. The zero-order valence-corrected chi connectivity index (χ0v) is 22.0. The minimum Gasteiger partial charge on any atom is -0.507 e. The van der Waals surface area contributed by atoms with Crippen LogP contribution in [0.2, 0.25) is 0 Å². The molecule has 0 aliphatic heterocycles. The van der Waals surface area contributed by atoms with E-state index in [2.05, 4.69) is 73.7 Å². The van der Waals surface area contributed by atoms with E-state index in [9.17, 15) is 10.2 Å². The largest absolute Gasteiger partial charge is 0.507 e. The summed E-state index contributed by atoms with van der Waals surface area (Å²) in [6.07, 6.45) is 5.75. The van der Waals surface area contributed by atoms with Gasteiger partial charge >= 0.3 is 0 Å². The van der Waals surface area contributed by atoms with Gasteiger partial charge in [-0.15, -0.1) is 25.3 Å². The lowest BCUT2D eigenvalue weighted by Gasteiger charge is -2.32. The van der Waals surface area contributed by atoms with Crippen LogP contribution in [0.4, 0.5) is 0 Å². The van der Waals surface area contributed by atoms with E-state index in [1.807, 2.05) is 24.3 Å². The Morgan fingerprint density at radius 3 is 1.48 bits per heavy atom. The van der Waals surface area contributed by atoms with E-state index < -0.39 is 0 Å². The number of benzene rings is 2. The normalized spacial score (nSPS) is 12.6. The van der Waals surface area contributed by atoms with Crippen LogP contribution in [0, 0.1) is 0 Å². The second kappa shape index (κ2) is 10.1. The number of phenols is 2. The molecular weight excluding hydrogens is 420 g/mol. The first-order valence-electron chi connectivity index (χ1n) is 11.4. The highest BCUT2D eigenvalue weighted by atomic mass is 32.1. The van der Waals surface area contributed by atoms with E-state index in [1.54, 1.807) is 0 Å². The van der Waals surface area contributed by atoms with Crippen molar-refractivity contribution in [3.63, 3.8) is 0 Å². The SMILES string of the molecule is CCCCCCC(c1cc(S)c(O)cc1C(C)(C)C)c1cc(S)c(O)cc1C(C)(C)C. The average Bonchev–Trinajstić information content (AvgIpc) is 2.64. The lowest BCUT2D eigenvalue weighted by Crippen LogP contribution is -2.20. The molecule has 2 N–H and O–H groups in total. The van der Waals surface area contributed by atoms with Crippen molar-refractivity contribution < 1.29 is 10.2 Å². The third-order valence-corrected chi connectivity index (χ3v) is 6.72. The lowest BCUT2D eigenvalue weighted by atomic mass is 9.72. The summed E-state index contributed by atoms with van der Waals surface area (Å²) in [5.41, 5.74) is 4.43. The van der Waals surface area contributed by atoms with Gasteiger partial charge in [-0.25, -0.2) is 0 Å². The summed E-state index contributed by atoms with van der Waals surface area (Å²) in [7, 11) is 0. The minimum absolute atomic E-state index is 0.126. The highest BCUT2D eigenvalue weighted by Gasteiger charge is 2.30. The first-order valence-corrected chi connectivity index (χ1v) is 12.3. The molecule has 0 bridgehead atoms. The van der Waals surface area contributed by atoms with Gasteiger partial charge in [0.2, 0.25) is 0 Å². The molecule has 2 aromatic rings. The summed E-state index contributed by atoms with van der Waals surface area (Å²) in [6, 6.07) is 7.85. The number of unbranched alkanes of at least 4 members (excludes halogenated alkanes) is 3. The molecule has 2 rings (SSSR count). The van der Waals surface area contributed by atoms with Crippen LogP contribution >= 0.6 is 25.3 Å². The molecule has 0 saturated carbocycles. The van der Waals surface area contributed by atoms with Crippen LogP contribution in [0.1, 0.15) is 109 Å². The monoisotopic (exact) mass is 460 g/mol. The van der Waals surface area contributed by atoms with Gasteiger partial charge in [-0.3, -0.25) is 0 Å². The number of hydrogen-bond donors (Lipinski definition) is 4. The number of thiol groups is 2. The molecule has 0 amide bonds. The third kappa shape index (κ3) is 6.38. The molecule has 0 spiro atoms. The van der Waals surface area contributed by atoms with E-state index in [4.69, 9.17) is 0 Å². The number of rotatable bonds is 7. The van der Waals surface area contributed by atoms with Crippen LogP contribution in [0.15, 0.2) is 34.1 Å². The van der Waals surface area contributed by atoms with Gasteiger partial charge in [0.15, 0.2) is 0 Å². The number of aromatic hydroxyl groups is 2. The van der Waals surface area contributed by atoms with Crippen molar-refractivity contribution in [3.8, 4) is 11.5 Å². The molecule has 0 unspecified atom stereocenters. The zero-order valence-electron chi connectivity index (χ0n) is 20.2. The van der Waals surface area contributed by atoms with E-state index in [0.29, 0.717) is 9.79 Å². The van der Waals surface area contributed by atoms with Crippen molar-refractivity contribution >= 4 is 25.3 Å². The maximum Gasteiger partial charge on any atom is 0.129 e. The highest BCUT2D eigenvalue weighted by molar-refractivity contribution is 7.80. The van der Waals surface area contributed by atoms with Crippen LogP contribution in [0.25, 0.3) is 0 Å². The fraction of sp³-hybridized carbons (Fsp3) is 0.556. The van der Waals surface area contributed by atoms with Crippen molar-refractivity contribution in [1.29, 1.82) is 0 Å². The van der Waals surface area contributed by atoms with Crippen LogP contribution in [-0.4, -0.2) is 10.2 Å². The molecule has 0 atom stereocenters. The molecule has 0 radical (unpaired) electrons. The molecule has 0 saturated heterocycles. The molecule has 172 valence electrons. The van der Waals surface area contributed by atoms with Crippen LogP contribution < -0.4 is 0 Å². The Morgan fingerprint density at radius 2 is 1.13 bits per heavy atom. The molecule has 2 nitrogen and oxygen atoms in total. The van der Waals surface area contributed by atoms with E-state index >= 15 is 0 Å². The Labute approximate surface area is 200 Å². The topological polar surface area (TPSA) is 40.5 Å². The maximum atomic E-state index is 10.4. The van der Waals surface area contributed by atoms with Gasteiger partial charge in [-0.2, -0.15) is 0 Å². The first kappa shape index (κ1) is 26.0. The Morgan fingerprint density at radius 1 is 0.710 bits per heavy atom. The Hall–Kier alpha value is -1.26. The van der Waals surface area contributed by atoms with Crippen molar-refractivity contribution in [1.82, 2.24) is 0 Å². The third-order valence-electron chi connectivity index (χ3n) is 6.01. The fourth-order valence-electron chi connectivity index (χ4n) is 4.32. The average molecular weight is 461 g/mol. The second-order valence-electron chi connectivity index (χ2n) is 10.8. The molecular formula is C27H40O2S2. The molecule has 0 fully saturated rings. The molecule has 0 aliphatic carbocycles. The molecule has 0 heterocycles. The van der Waals surface area contributed by atoms with Gasteiger partial charge in [0.25, 0.3) is 0 Å². The fourth-order valence-corrected chi connectivity index (χ4v) is 4.72. The summed E-state index contributed by atoms with van der Waals surface area (Å²) in [4.78, 5) is 1.20. The van der Waals surface area contributed by atoms with Gasteiger partial charge in [-0.1, -0.05) is 74.1 Å². The van der Waals surface area contributed by atoms with E-state index in [-0.39, 0.29) is 28.2 Å². The van der Waals surface area contributed by atoms with Crippen molar-refractivity contribution in [2.45, 2.75) is 107 Å². The molecule has 4 heteroatoms. The number of phenolic OH excluding ortho intramolecular Hbond substituents is 2. The summed E-state index contributed by atoms with van der Waals surface area (Å²) in [6.45, 7) is 15.3. The van der Waals surface area contributed by atoms with Crippen LogP contribution in [-0.2, 0) is 10.8 Å². The predicted octanol–water partition coefficient (Wildman–Crippen LogP) is 8.37. The Balaban J connectivity index is 2.78. The van der Waals surface area contributed by atoms with Gasteiger partial charge in [0, 0.05) is 15.7 Å². The number of hydrogen-bond acceptors (Lipinski definition) is 4. The summed E-state index contributed by atoms with van der Waals surface area (Å²) < 4.78 is 0. The molecule has 31 heavy (non-hydrogen) atoms. The summed E-state index contributed by atoms with van der Waals surface area (Å²) >= 11 is 9.11.